The molecule has 110 valence electrons. The maximum Gasteiger partial charge on any atom is 0.225 e. The van der Waals surface area contributed by atoms with Crippen molar-refractivity contribution in [1.29, 1.82) is 0 Å². The van der Waals surface area contributed by atoms with Crippen molar-refractivity contribution in [3.05, 3.63) is 0 Å². The first kappa shape index (κ1) is 14.8. The van der Waals surface area contributed by atoms with Crippen molar-refractivity contribution in [2.75, 3.05) is 39.3 Å². The number of carbonyl (C=O) groups is 1. The lowest BCUT2D eigenvalue weighted by atomic mass is 9.85. The molecule has 0 aromatic rings. The van der Waals surface area contributed by atoms with E-state index in [9.17, 15) is 4.79 Å². The van der Waals surface area contributed by atoms with E-state index in [0.717, 1.165) is 64.8 Å². The van der Waals surface area contributed by atoms with Crippen molar-refractivity contribution in [2.24, 2.45) is 11.7 Å². The van der Waals surface area contributed by atoms with Crippen LogP contribution in [0.5, 0.6) is 0 Å². The summed E-state index contributed by atoms with van der Waals surface area (Å²) in [6, 6.07) is 0.299. The molecule has 1 amide bonds. The highest BCUT2D eigenvalue weighted by Gasteiger charge is 2.29. The summed E-state index contributed by atoms with van der Waals surface area (Å²) in [5, 5.41) is 8.98. The number of rotatable bonds is 3. The summed E-state index contributed by atoms with van der Waals surface area (Å²) in [6.07, 6.45) is 4.90. The lowest BCUT2D eigenvalue weighted by Gasteiger charge is -2.30. The lowest BCUT2D eigenvalue weighted by molar-refractivity contribution is -0.136. The van der Waals surface area contributed by atoms with Gasteiger partial charge < -0.3 is 15.7 Å². The van der Waals surface area contributed by atoms with Crippen molar-refractivity contribution >= 4 is 5.91 Å². The fourth-order valence-electron chi connectivity index (χ4n) is 3.18. The second-order valence-electron chi connectivity index (χ2n) is 5.86. The summed E-state index contributed by atoms with van der Waals surface area (Å²) in [5.41, 5.74) is 5.90. The Balaban J connectivity index is 1.82. The summed E-state index contributed by atoms with van der Waals surface area (Å²) in [4.78, 5) is 16.8. The van der Waals surface area contributed by atoms with E-state index in [4.69, 9.17) is 10.8 Å². The van der Waals surface area contributed by atoms with Gasteiger partial charge in [0.1, 0.15) is 0 Å². The van der Waals surface area contributed by atoms with Crippen molar-refractivity contribution in [2.45, 2.75) is 38.1 Å². The van der Waals surface area contributed by atoms with Crippen LogP contribution in [0.25, 0.3) is 0 Å². The largest absolute Gasteiger partial charge is 0.395 e. The maximum absolute atomic E-state index is 12.5. The molecule has 1 saturated heterocycles. The third-order valence-corrected chi connectivity index (χ3v) is 4.44. The molecule has 19 heavy (non-hydrogen) atoms. The van der Waals surface area contributed by atoms with Crippen LogP contribution in [0, 0.1) is 5.92 Å². The van der Waals surface area contributed by atoms with E-state index in [1.807, 2.05) is 4.90 Å². The molecule has 5 nitrogen and oxygen atoms in total. The number of amides is 1. The second kappa shape index (κ2) is 7.22. The summed E-state index contributed by atoms with van der Waals surface area (Å²) in [6.45, 7) is 4.47. The summed E-state index contributed by atoms with van der Waals surface area (Å²) >= 11 is 0. The van der Waals surface area contributed by atoms with Gasteiger partial charge >= 0.3 is 0 Å². The predicted molar refractivity (Wildman–Crippen MR) is 74.7 cm³/mol. The van der Waals surface area contributed by atoms with Crippen LogP contribution in [0.2, 0.25) is 0 Å². The molecule has 0 spiro atoms. The van der Waals surface area contributed by atoms with Crippen molar-refractivity contribution in [3.8, 4) is 0 Å². The Hall–Kier alpha value is -0.650. The van der Waals surface area contributed by atoms with Crippen LogP contribution < -0.4 is 5.73 Å². The molecule has 2 fully saturated rings. The minimum absolute atomic E-state index is 0.198. The molecule has 0 bridgehead atoms. The highest BCUT2D eigenvalue weighted by Crippen LogP contribution is 2.25. The van der Waals surface area contributed by atoms with Gasteiger partial charge in [-0.25, -0.2) is 0 Å². The molecule has 0 aromatic carbocycles. The molecular formula is C14H27N3O2. The third-order valence-electron chi connectivity index (χ3n) is 4.44. The number of nitrogens with zero attached hydrogens (tertiary/aromatic N) is 2. The Labute approximate surface area is 115 Å². The molecule has 2 rings (SSSR count). The summed E-state index contributed by atoms with van der Waals surface area (Å²) < 4.78 is 0. The fourth-order valence-corrected chi connectivity index (χ4v) is 3.18. The topological polar surface area (TPSA) is 69.8 Å². The molecule has 0 atom stereocenters. The zero-order chi connectivity index (χ0) is 13.7. The number of carbonyl (C=O) groups excluding carboxylic acids is 1. The Kier molecular flexibility index (Phi) is 5.60. The first-order valence-electron chi connectivity index (χ1n) is 7.58. The van der Waals surface area contributed by atoms with Gasteiger partial charge in [0.25, 0.3) is 0 Å². The molecule has 0 unspecified atom stereocenters. The smallest absolute Gasteiger partial charge is 0.225 e. The molecule has 1 aliphatic carbocycles. The average molecular weight is 269 g/mol. The number of aliphatic hydroxyl groups excluding tert-OH is 1. The molecule has 0 aromatic heterocycles. The lowest BCUT2D eigenvalue weighted by Crippen LogP contribution is -2.41. The van der Waals surface area contributed by atoms with Gasteiger partial charge in [-0.15, -0.1) is 0 Å². The number of nitrogens with two attached hydrogens (primary N) is 1. The molecule has 3 N–H and O–H groups in total. The fraction of sp³-hybridized carbons (Fsp3) is 0.929. The van der Waals surface area contributed by atoms with Crippen LogP contribution in [-0.2, 0) is 4.79 Å². The van der Waals surface area contributed by atoms with Crippen LogP contribution >= 0.6 is 0 Å². The molecule has 1 saturated carbocycles. The Morgan fingerprint density at radius 2 is 1.84 bits per heavy atom. The van der Waals surface area contributed by atoms with E-state index >= 15 is 0 Å². The van der Waals surface area contributed by atoms with E-state index in [1.165, 1.54) is 0 Å². The average Bonchev–Trinajstić information content (AvgIpc) is 2.65. The molecule has 0 radical (unpaired) electrons. The van der Waals surface area contributed by atoms with Crippen LogP contribution in [0.3, 0.4) is 0 Å². The highest BCUT2D eigenvalue weighted by molar-refractivity contribution is 5.79. The van der Waals surface area contributed by atoms with E-state index in [2.05, 4.69) is 4.90 Å². The van der Waals surface area contributed by atoms with Gasteiger partial charge in [0.15, 0.2) is 0 Å². The molecule has 1 heterocycles. The van der Waals surface area contributed by atoms with E-state index in [-0.39, 0.29) is 12.5 Å². The zero-order valence-electron chi connectivity index (χ0n) is 11.8. The first-order valence-corrected chi connectivity index (χ1v) is 7.58. The van der Waals surface area contributed by atoms with Gasteiger partial charge in [-0.05, 0) is 38.6 Å². The van der Waals surface area contributed by atoms with Crippen molar-refractivity contribution in [1.82, 2.24) is 9.80 Å². The van der Waals surface area contributed by atoms with Crippen molar-refractivity contribution in [3.63, 3.8) is 0 Å². The SMILES string of the molecule is NC1CCC(C(=O)N2CCCN(CCO)CC2)CC1. The van der Waals surface area contributed by atoms with Gasteiger partial charge in [-0.1, -0.05) is 0 Å². The summed E-state index contributed by atoms with van der Waals surface area (Å²) in [5.74, 6) is 0.530. The Morgan fingerprint density at radius 1 is 1.11 bits per heavy atom. The van der Waals surface area contributed by atoms with Crippen molar-refractivity contribution < 1.29 is 9.90 Å². The standard InChI is InChI=1S/C14H27N3O2/c15-13-4-2-12(3-5-13)14(19)17-7-1-6-16(8-9-17)10-11-18/h12-13,18H,1-11,15H2. The van der Waals surface area contributed by atoms with E-state index < -0.39 is 0 Å². The van der Waals surface area contributed by atoms with Crippen LogP contribution in [0.4, 0.5) is 0 Å². The van der Waals surface area contributed by atoms with Crippen LogP contribution in [0.1, 0.15) is 32.1 Å². The molecule has 2 aliphatic rings. The highest BCUT2D eigenvalue weighted by atomic mass is 16.3. The monoisotopic (exact) mass is 269 g/mol. The first-order chi connectivity index (χ1) is 9.20. The normalized spacial score (nSPS) is 30.1. The summed E-state index contributed by atoms with van der Waals surface area (Å²) in [7, 11) is 0. The minimum atomic E-state index is 0.198. The number of aliphatic hydroxyl groups is 1. The van der Waals surface area contributed by atoms with E-state index in [1.54, 1.807) is 0 Å². The minimum Gasteiger partial charge on any atom is -0.395 e. The Bertz CT molecular complexity index is 290. The van der Waals surface area contributed by atoms with Gasteiger partial charge in [-0.2, -0.15) is 0 Å². The maximum atomic E-state index is 12.5. The molecular weight excluding hydrogens is 242 g/mol. The molecule has 1 aliphatic heterocycles. The Morgan fingerprint density at radius 3 is 2.53 bits per heavy atom. The quantitative estimate of drug-likeness (QED) is 0.758. The number of hydrogen-bond acceptors (Lipinski definition) is 4. The zero-order valence-corrected chi connectivity index (χ0v) is 11.8. The third kappa shape index (κ3) is 4.16. The van der Waals surface area contributed by atoms with Crippen LogP contribution in [-0.4, -0.2) is 66.2 Å². The number of β-amino-alcohol motifs (C(OH)–C–C–N with tert-alkyl or cyclic N) is 1. The second-order valence-corrected chi connectivity index (χ2v) is 5.86. The molecule has 5 heteroatoms. The van der Waals surface area contributed by atoms with Gasteiger partial charge in [-0.3, -0.25) is 9.69 Å². The predicted octanol–water partition coefficient (Wildman–Crippen LogP) is 0.0305. The number of hydrogen-bond donors (Lipinski definition) is 2. The van der Waals surface area contributed by atoms with Gasteiger partial charge in [0.2, 0.25) is 5.91 Å². The van der Waals surface area contributed by atoms with Gasteiger partial charge in [0.05, 0.1) is 6.61 Å². The van der Waals surface area contributed by atoms with Gasteiger partial charge in [0, 0.05) is 38.1 Å². The van der Waals surface area contributed by atoms with Crippen LogP contribution in [0.15, 0.2) is 0 Å². The van der Waals surface area contributed by atoms with E-state index in [0.29, 0.717) is 11.9 Å².